The topological polar surface area (TPSA) is 84.1 Å². The zero-order valence-corrected chi connectivity index (χ0v) is 20.4. The Labute approximate surface area is 217 Å². The Bertz CT molecular complexity index is 1440. The van der Waals surface area contributed by atoms with E-state index in [4.69, 9.17) is 16.3 Å². The van der Waals surface area contributed by atoms with Crippen molar-refractivity contribution >= 4 is 17.5 Å². The lowest BCUT2D eigenvalue weighted by Gasteiger charge is -2.34. The number of hydrogen-bond acceptors (Lipinski definition) is 4. The third-order valence-corrected chi connectivity index (χ3v) is 6.51. The standard InChI is InChI=1S/C25H20ClF6N3O3/c1-11-19(27)24(37)35-22(34-11)18-16(25(30,31)32)6-5-12(21(18)29)9-33-23(36)14-7-15(8-14)38-10-13-3-2-4-17(26)20(13)28/h2-6,14-15H,7-10H2,1H3,(H,33,36)(H,34,35,37)/t14-,15-. The minimum atomic E-state index is -5.01. The first-order valence-corrected chi connectivity index (χ1v) is 11.7. The highest BCUT2D eigenvalue weighted by Crippen LogP contribution is 2.38. The number of carbonyl (C=O) groups is 1. The van der Waals surface area contributed by atoms with Gasteiger partial charge in [-0.15, -0.1) is 0 Å². The number of nitrogens with one attached hydrogen (secondary N) is 2. The summed E-state index contributed by atoms with van der Waals surface area (Å²) in [6.07, 6.45) is -4.69. The van der Waals surface area contributed by atoms with Crippen LogP contribution in [0.15, 0.2) is 35.1 Å². The van der Waals surface area contributed by atoms with Crippen LogP contribution in [-0.4, -0.2) is 22.0 Å². The van der Waals surface area contributed by atoms with Crippen LogP contribution in [0.5, 0.6) is 0 Å². The Morgan fingerprint density at radius 2 is 1.82 bits per heavy atom. The van der Waals surface area contributed by atoms with Gasteiger partial charge in [-0.05, 0) is 31.9 Å². The van der Waals surface area contributed by atoms with Crippen LogP contribution in [0.4, 0.5) is 26.3 Å². The van der Waals surface area contributed by atoms with Crippen LogP contribution in [0.25, 0.3) is 11.4 Å². The summed E-state index contributed by atoms with van der Waals surface area (Å²) in [5.74, 6) is -5.00. The maximum absolute atomic E-state index is 15.3. The number of amides is 1. The van der Waals surface area contributed by atoms with Crippen molar-refractivity contribution in [1.82, 2.24) is 15.3 Å². The molecule has 0 unspecified atom stereocenters. The van der Waals surface area contributed by atoms with Crippen LogP contribution >= 0.6 is 11.6 Å². The van der Waals surface area contributed by atoms with E-state index >= 15 is 4.39 Å². The maximum Gasteiger partial charge on any atom is 0.417 e. The number of aromatic amines is 1. The van der Waals surface area contributed by atoms with E-state index in [1.165, 1.54) is 12.1 Å². The smallest absolute Gasteiger partial charge is 0.373 e. The largest absolute Gasteiger partial charge is 0.417 e. The second-order valence-corrected chi connectivity index (χ2v) is 9.21. The average Bonchev–Trinajstić information content (AvgIpc) is 2.82. The van der Waals surface area contributed by atoms with Crippen molar-refractivity contribution < 1.29 is 35.9 Å². The van der Waals surface area contributed by atoms with Crippen LogP contribution in [0, 0.1) is 30.3 Å². The summed E-state index contributed by atoms with van der Waals surface area (Å²) in [5, 5.41) is 2.44. The minimum Gasteiger partial charge on any atom is -0.373 e. The van der Waals surface area contributed by atoms with Gasteiger partial charge in [0.15, 0.2) is 0 Å². The molecule has 38 heavy (non-hydrogen) atoms. The average molecular weight is 560 g/mol. The number of benzene rings is 2. The Morgan fingerprint density at radius 3 is 2.47 bits per heavy atom. The number of carbonyl (C=O) groups excluding carboxylic acids is 1. The van der Waals surface area contributed by atoms with E-state index in [0.29, 0.717) is 18.9 Å². The summed E-state index contributed by atoms with van der Waals surface area (Å²) in [6, 6.07) is 5.97. The van der Waals surface area contributed by atoms with Gasteiger partial charge in [-0.3, -0.25) is 9.59 Å². The zero-order chi connectivity index (χ0) is 27.8. The summed E-state index contributed by atoms with van der Waals surface area (Å²) < 4.78 is 89.2. The molecule has 1 aromatic heterocycles. The van der Waals surface area contributed by atoms with Gasteiger partial charge >= 0.3 is 6.18 Å². The zero-order valence-electron chi connectivity index (χ0n) is 19.7. The molecule has 1 amide bonds. The lowest BCUT2D eigenvalue weighted by molar-refractivity contribution is -0.137. The lowest BCUT2D eigenvalue weighted by atomic mass is 9.81. The molecular weight excluding hydrogens is 540 g/mol. The van der Waals surface area contributed by atoms with Crippen molar-refractivity contribution in [2.24, 2.45) is 5.92 Å². The number of aryl methyl sites for hydroxylation is 1. The first-order chi connectivity index (χ1) is 17.9. The van der Waals surface area contributed by atoms with Gasteiger partial charge < -0.3 is 15.0 Å². The highest BCUT2D eigenvalue weighted by Gasteiger charge is 2.38. The van der Waals surface area contributed by atoms with Gasteiger partial charge in [0.1, 0.15) is 17.5 Å². The second-order valence-electron chi connectivity index (χ2n) is 8.81. The van der Waals surface area contributed by atoms with E-state index in [9.17, 15) is 31.5 Å². The van der Waals surface area contributed by atoms with Crippen LogP contribution in [0.2, 0.25) is 5.02 Å². The highest BCUT2D eigenvalue weighted by molar-refractivity contribution is 6.30. The number of nitrogens with zero attached hydrogens (tertiary/aromatic N) is 1. The number of ether oxygens (including phenoxy) is 1. The van der Waals surface area contributed by atoms with Gasteiger partial charge in [-0.1, -0.05) is 29.8 Å². The van der Waals surface area contributed by atoms with Crippen LogP contribution < -0.4 is 10.9 Å². The minimum absolute atomic E-state index is 0.0349. The second kappa shape index (κ2) is 10.8. The third kappa shape index (κ3) is 5.70. The lowest BCUT2D eigenvalue weighted by Crippen LogP contribution is -2.42. The van der Waals surface area contributed by atoms with Crippen molar-refractivity contribution in [3.05, 3.63) is 85.5 Å². The van der Waals surface area contributed by atoms with Crippen molar-refractivity contribution in [2.75, 3.05) is 0 Å². The first kappa shape index (κ1) is 27.6. The molecule has 0 atom stereocenters. The molecule has 4 rings (SSSR count). The summed E-state index contributed by atoms with van der Waals surface area (Å²) >= 11 is 5.73. The summed E-state index contributed by atoms with van der Waals surface area (Å²) in [5.41, 5.74) is -4.36. The van der Waals surface area contributed by atoms with Crippen molar-refractivity contribution in [3.8, 4) is 11.4 Å². The van der Waals surface area contributed by atoms with E-state index in [1.54, 1.807) is 6.07 Å². The molecule has 1 aliphatic rings. The Morgan fingerprint density at radius 1 is 1.11 bits per heavy atom. The fourth-order valence-corrected chi connectivity index (χ4v) is 4.22. The Hall–Kier alpha value is -3.38. The normalized spacial score (nSPS) is 17.3. The molecule has 1 heterocycles. The molecule has 1 aliphatic carbocycles. The molecule has 1 saturated carbocycles. The molecule has 0 spiro atoms. The molecule has 1 fully saturated rings. The van der Waals surface area contributed by atoms with Crippen molar-refractivity contribution in [3.63, 3.8) is 0 Å². The predicted octanol–water partition coefficient (Wildman–Crippen LogP) is 5.45. The number of alkyl halides is 3. The van der Waals surface area contributed by atoms with Gasteiger partial charge in [0.25, 0.3) is 5.56 Å². The molecule has 0 bridgehead atoms. The van der Waals surface area contributed by atoms with E-state index in [2.05, 4.69) is 10.3 Å². The summed E-state index contributed by atoms with van der Waals surface area (Å²) in [4.78, 5) is 29.6. The van der Waals surface area contributed by atoms with Gasteiger partial charge in [-0.25, -0.2) is 13.8 Å². The fraction of sp³-hybridized carbons (Fsp3) is 0.320. The molecule has 3 aromatic rings. The van der Waals surface area contributed by atoms with Crippen LogP contribution in [0.3, 0.4) is 0 Å². The Balaban J connectivity index is 1.43. The highest BCUT2D eigenvalue weighted by atomic mass is 35.5. The number of halogens is 7. The molecular formula is C25H20ClF6N3O3. The van der Waals surface area contributed by atoms with Crippen molar-refractivity contribution in [2.45, 2.75) is 45.2 Å². The SMILES string of the molecule is Cc1nc(-c2c(C(F)(F)F)ccc(CNC(=O)[C@H]3C[C@H](OCc4cccc(Cl)c4F)C3)c2F)[nH]c(=O)c1F. The van der Waals surface area contributed by atoms with E-state index < -0.39 is 70.2 Å². The number of hydrogen-bond donors (Lipinski definition) is 2. The fourth-order valence-electron chi connectivity index (χ4n) is 4.02. The van der Waals surface area contributed by atoms with E-state index in [0.717, 1.165) is 13.0 Å². The molecule has 0 aliphatic heterocycles. The summed E-state index contributed by atoms with van der Waals surface area (Å²) in [6.45, 7) is 0.574. The molecule has 2 aromatic carbocycles. The van der Waals surface area contributed by atoms with Gasteiger partial charge in [0, 0.05) is 23.6 Å². The number of aromatic nitrogens is 2. The van der Waals surface area contributed by atoms with Crippen LogP contribution in [-0.2, 0) is 28.9 Å². The van der Waals surface area contributed by atoms with Crippen LogP contribution in [0.1, 0.15) is 35.2 Å². The quantitative estimate of drug-likeness (QED) is 0.377. The van der Waals surface area contributed by atoms with Gasteiger partial charge in [0.2, 0.25) is 11.7 Å². The predicted molar refractivity (Wildman–Crippen MR) is 125 cm³/mol. The third-order valence-electron chi connectivity index (χ3n) is 6.22. The first-order valence-electron chi connectivity index (χ1n) is 11.3. The van der Waals surface area contributed by atoms with E-state index in [-0.39, 0.29) is 28.9 Å². The molecule has 0 radical (unpaired) electrons. The maximum atomic E-state index is 15.3. The van der Waals surface area contributed by atoms with Crippen molar-refractivity contribution in [1.29, 1.82) is 0 Å². The molecule has 202 valence electrons. The van der Waals surface area contributed by atoms with E-state index in [1.807, 2.05) is 4.98 Å². The van der Waals surface area contributed by atoms with Gasteiger partial charge in [-0.2, -0.15) is 17.6 Å². The van der Waals surface area contributed by atoms with Gasteiger partial charge in [0.05, 0.1) is 34.6 Å². The summed E-state index contributed by atoms with van der Waals surface area (Å²) in [7, 11) is 0. The molecule has 2 N–H and O–H groups in total. The molecule has 0 saturated heterocycles. The number of rotatable bonds is 7. The molecule has 13 heteroatoms. The number of H-pyrrole nitrogens is 1. The Kier molecular flexibility index (Phi) is 7.84. The monoisotopic (exact) mass is 559 g/mol. The molecule has 6 nitrogen and oxygen atoms in total.